The van der Waals surface area contributed by atoms with E-state index in [9.17, 15) is 0 Å². The average molecular weight is 146 g/mol. The van der Waals surface area contributed by atoms with E-state index in [4.69, 9.17) is 0 Å². The van der Waals surface area contributed by atoms with Crippen LogP contribution in [0.1, 0.15) is 67.2 Å². The molecule has 0 spiro atoms. The lowest BCUT2D eigenvalue weighted by atomic mass is 10.3. The molecule has 66 valence electrons. The molecule has 0 bridgehead atoms. The summed E-state index contributed by atoms with van der Waals surface area (Å²) in [5, 5.41) is 0. The SMILES string of the molecule is C.CCCC.CCCCC. The Hall–Kier alpha value is 0. The third kappa shape index (κ3) is 43.6. The maximum Gasteiger partial charge on any atom is -0.0538 e. The van der Waals surface area contributed by atoms with Crippen LogP contribution in [0.3, 0.4) is 0 Å². The van der Waals surface area contributed by atoms with Gasteiger partial charge in [0.05, 0.1) is 0 Å². The minimum atomic E-state index is 0. The van der Waals surface area contributed by atoms with Crippen molar-refractivity contribution in [3.8, 4) is 0 Å². The molecule has 10 heavy (non-hydrogen) atoms. The zero-order valence-electron chi connectivity index (χ0n) is 7.54. The Morgan fingerprint density at radius 2 is 0.900 bits per heavy atom. The summed E-state index contributed by atoms with van der Waals surface area (Å²) in [7, 11) is 0. The zero-order valence-corrected chi connectivity index (χ0v) is 7.54. The molecule has 0 N–H and O–H groups in total. The monoisotopic (exact) mass is 146 g/mol. The Morgan fingerprint density at radius 3 is 0.900 bits per heavy atom. The van der Waals surface area contributed by atoms with E-state index in [-0.39, 0.29) is 7.43 Å². The summed E-state index contributed by atoms with van der Waals surface area (Å²) in [6, 6.07) is 0. The van der Waals surface area contributed by atoms with Gasteiger partial charge in [-0.15, -0.1) is 0 Å². The fraction of sp³-hybridized carbons (Fsp3) is 1.00. The molecule has 0 aromatic heterocycles. The van der Waals surface area contributed by atoms with Crippen molar-refractivity contribution in [1.29, 1.82) is 0 Å². The van der Waals surface area contributed by atoms with Gasteiger partial charge in [-0.3, -0.25) is 0 Å². The lowest BCUT2D eigenvalue weighted by Gasteiger charge is -1.79. The molecule has 0 aromatic carbocycles. The fourth-order valence-corrected chi connectivity index (χ4v) is 0.354. The second-order valence-corrected chi connectivity index (χ2v) is 2.35. The highest BCUT2D eigenvalue weighted by molar-refractivity contribution is 4.24. The molecule has 0 saturated heterocycles. The molecule has 0 aliphatic rings. The first-order chi connectivity index (χ1) is 4.33. The van der Waals surface area contributed by atoms with Crippen LogP contribution in [-0.4, -0.2) is 0 Å². The molecular weight excluding hydrogens is 120 g/mol. The predicted octanol–water partition coefficient (Wildman–Crippen LogP) is 4.64. The highest BCUT2D eigenvalue weighted by Crippen LogP contribution is 1.88. The second-order valence-electron chi connectivity index (χ2n) is 2.35. The van der Waals surface area contributed by atoms with Crippen LogP contribution in [0.15, 0.2) is 0 Å². The van der Waals surface area contributed by atoms with E-state index in [1.165, 1.54) is 32.1 Å². The van der Waals surface area contributed by atoms with Gasteiger partial charge in [0.15, 0.2) is 0 Å². The molecule has 0 fully saturated rings. The first-order valence-electron chi connectivity index (χ1n) is 4.33. The second kappa shape index (κ2) is 23.0. The number of hydrogen-bond donors (Lipinski definition) is 0. The van der Waals surface area contributed by atoms with Crippen molar-refractivity contribution >= 4 is 0 Å². The van der Waals surface area contributed by atoms with E-state index in [2.05, 4.69) is 27.7 Å². The van der Waals surface area contributed by atoms with Crippen molar-refractivity contribution in [2.24, 2.45) is 0 Å². The molecule has 0 heterocycles. The minimum Gasteiger partial charge on any atom is -0.0776 e. The first-order valence-corrected chi connectivity index (χ1v) is 4.33. The van der Waals surface area contributed by atoms with Crippen molar-refractivity contribution in [1.82, 2.24) is 0 Å². The van der Waals surface area contributed by atoms with Crippen LogP contribution in [0.4, 0.5) is 0 Å². The van der Waals surface area contributed by atoms with E-state index >= 15 is 0 Å². The molecule has 0 atom stereocenters. The van der Waals surface area contributed by atoms with Crippen molar-refractivity contribution < 1.29 is 0 Å². The molecule has 0 saturated carbocycles. The lowest BCUT2D eigenvalue weighted by Crippen LogP contribution is -1.59. The van der Waals surface area contributed by atoms with Gasteiger partial charge in [-0.2, -0.15) is 0 Å². The van der Waals surface area contributed by atoms with Gasteiger partial charge < -0.3 is 0 Å². The van der Waals surface area contributed by atoms with E-state index in [0.717, 1.165) is 0 Å². The summed E-state index contributed by atoms with van der Waals surface area (Å²) in [5.74, 6) is 0. The summed E-state index contributed by atoms with van der Waals surface area (Å²) >= 11 is 0. The van der Waals surface area contributed by atoms with Gasteiger partial charge >= 0.3 is 0 Å². The maximum atomic E-state index is 2.21. The zero-order chi connectivity index (χ0) is 7.54. The Kier molecular flexibility index (Phi) is 38.1. The smallest absolute Gasteiger partial charge is 0.0538 e. The lowest BCUT2D eigenvalue weighted by molar-refractivity contribution is 0.772. The molecule has 0 radical (unpaired) electrons. The van der Waals surface area contributed by atoms with Gasteiger partial charge in [0.2, 0.25) is 0 Å². The molecule has 0 nitrogen and oxygen atoms in total. The van der Waals surface area contributed by atoms with Crippen molar-refractivity contribution in [3.05, 3.63) is 0 Å². The van der Waals surface area contributed by atoms with Gasteiger partial charge in [-0.25, -0.2) is 0 Å². The summed E-state index contributed by atoms with van der Waals surface area (Å²) < 4.78 is 0. The van der Waals surface area contributed by atoms with Gasteiger partial charge in [0.1, 0.15) is 0 Å². The molecule has 0 aromatic rings. The topological polar surface area (TPSA) is 0 Å². The standard InChI is InChI=1S/C5H12.C4H10.CH4/c1-3-5-4-2;1-3-4-2;/h3-5H2,1-2H3;3-4H2,1-2H3;1H4. The van der Waals surface area contributed by atoms with Crippen LogP contribution in [0.2, 0.25) is 0 Å². The van der Waals surface area contributed by atoms with Crippen LogP contribution in [-0.2, 0) is 0 Å². The summed E-state index contributed by atoms with van der Waals surface area (Å²) in [6.45, 7) is 8.78. The first kappa shape index (κ1) is 16.5. The molecule has 0 unspecified atom stereocenters. The van der Waals surface area contributed by atoms with E-state index < -0.39 is 0 Å². The highest BCUT2D eigenvalue weighted by atomic mass is 13.7. The Bertz CT molecular complexity index is 19.2. The van der Waals surface area contributed by atoms with Crippen LogP contribution in [0.5, 0.6) is 0 Å². The molecule has 0 heteroatoms. The van der Waals surface area contributed by atoms with Gasteiger partial charge in [0.25, 0.3) is 0 Å². The Labute approximate surface area is 68.0 Å². The third-order valence-electron chi connectivity index (χ3n) is 1.21. The summed E-state index contributed by atoms with van der Waals surface area (Å²) in [5.41, 5.74) is 0. The molecule has 0 amide bonds. The Morgan fingerprint density at radius 1 is 0.600 bits per heavy atom. The van der Waals surface area contributed by atoms with E-state index in [1.54, 1.807) is 0 Å². The summed E-state index contributed by atoms with van der Waals surface area (Å²) in [4.78, 5) is 0. The molecule has 0 aliphatic carbocycles. The highest BCUT2D eigenvalue weighted by Gasteiger charge is 1.68. The summed E-state index contributed by atoms with van der Waals surface area (Å²) in [6.07, 6.45) is 6.72. The van der Waals surface area contributed by atoms with Crippen LogP contribution in [0.25, 0.3) is 0 Å². The number of hydrogen-bond acceptors (Lipinski definition) is 0. The van der Waals surface area contributed by atoms with Crippen molar-refractivity contribution in [2.75, 3.05) is 0 Å². The maximum absolute atomic E-state index is 2.21. The molecular formula is C10H26. The van der Waals surface area contributed by atoms with E-state index in [0.29, 0.717) is 0 Å². The third-order valence-corrected chi connectivity index (χ3v) is 1.21. The minimum absolute atomic E-state index is 0. The van der Waals surface area contributed by atoms with Gasteiger partial charge in [-0.05, 0) is 0 Å². The van der Waals surface area contributed by atoms with Crippen molar-refractivity contribution in [3.63, 3.8) is 0 Å². The normalized spacial score (nSPS) is 7.20. The molecule has 0 rings (SSSR count). The average Bonchev–Trinajstić information content (AvgIpc) is 1.91. The van der Waals surface area contributed by atoms with Crippen LogP contribution >= 0.6 is 0 Å². The van der Waals surface area contributed by atoms with Crippen LogP contribution in [0, 0.1) is 0 Å². The van der Waals surface area contributed by atoms with Gasteiger partial charge in [-0.1, -0.05) is 67.2 Å². The van der Waals surface area contributed by atoms with Crippen molar-refractivity contribution in [2.45, 2.75) is 67.2 Å². The fourth-order valence-electron chi connectivity index (χ4n) is 0.354. The van der Waals surface area contributed by atoms with Gasteiger partial charge in [0, 0.05) is 0 Å². The van der Waals surface area contributed by atoms with Crippen LogP contribution < -0.4 is 0 Å². The largest absolute Gasteiger partial charge is 0.0776 e. The Balaban J connectivity index is -0.0000000910. The number of unbranched alkanes of at least 4 members (excludes halogenated alkanes) is 3. The predicted molar refractivity (Wildman–Crippen MR) is 52.5 cm³/mol. The quantitative estimate of drug-likeness (QED) is 0.544. The number of rotatable bonds is 3. The molecule has 0 aliphatic heterocycles. The van der Waals surface area contributed by atoms with E-state index in [1.807, 2.05) is 0 Å².